The number of fused-ring (bicyclic) bond motifs is 1. The summed E-state index contributed by atoms with van der Waals surface area (Å²) in [5.41, 5.74) is 1.18. The van der Waals surface area contributed by atoms with Crippen LogP contribution < -0.4 is 14.8 Å². The van der Waals surface area contributed by atoms with E-state index in [4.69, 9.17) is 9.47 Å². The van der Waals surface area contributed by atoms with Gasteiger partial charge in [-0.15, -0.1) is 0 Å². The lowest BCUT2D eigenvalue weighted by molar-refractivity contribution is -0.132. The fourth-order valence-electron chi connectivity index (χ4n) is 4.32. The van der Waals surface area contributed by atoms with Gasteiger partial charge in [-0.05, 0) is 68.8 Å². The smallest absolute Gasteiger partial charge is 0.223 e. The number of benzene rings is 1. The van der Waals surface area contributed by atoms with Crippen molar-refractivity contribution < 1.29 is 14.3 Å². The molecule has 4 rings (SSSR count). The Morgan fingerprint density at radius 2 is 1.92 bits per heavy atom. The number of nitrogens with one attached hydrogen (secondary N) is 1. The van der Waals surface area contributed by atoms with Gasteiger partial charge in [-0.2, -0.15) is 0 Å². The molecule has 1 amide bonds. The first-order valence-electron chi connectivity index (χ1n) is 9.71. The summed E-state index contributed by atoms with van der Waals surface area (Å²) >= 11 is 0. The van der Waals surface area contributed by atoms with Gasteiger partial charge < -0.3 is 19.7 Å². The first-order chi connectivity index (χ1) is 12.3. The van der Waals surface area contributed by atoms with Crippen LogP contribution in [0.1, 0.15) is 50.1 Å². The molecule has 0 bridgehead atoms. The van der Waals surface area contributed by atoms with Crippen molar-refractivity contribution in [3.05, 3.63) is 23.8 Å². The molecule has 5 nitrogen and oxygen atoms in total. The average molecular weight is 344 g/mol. The lowest BCUT2D eigenvalue weighted by Gasteiger charge is -2.28. The Labute approximate surface area is 149 Å². The number of amides is 1. The number of likely N-dealkylation sites (tertiary alicyclic amines) is 1. The molecule has 1 aromatic carbocycles. The largest absolute Gasteiger partial charge is 0.486 e. The summed E-state index contributed by atoms with van der Waals surface area (Å²) in [5, 5.41) is 3.39. The molecule has 0 spiro atoms. The summed E-state index contributed by atoms with van der Waals surface area (Å²) in [4.78, 5) is 14.9. The van der Waals surface area contributed by atoms with Crippen molar-refractivity contribution in [2.75, 3.05) is 32.8 Å². The summed E-state index contributed by atoms with van der Waals surface area (Å²) < 4.78 is 11.3. The zero-order valence-corrected chi connectivity index (χ0v) is 14.8. The lowest BCUT2D eigenvalue weighted by atomic mass is 9.93. The summed E-state index contributed by atoms with van der Waals surface area (Å²) in [6, 6.07) is 6.34. The van der Waals surface area contributed by atoms with Crippen LogP contribution in [0.2, 0.25) is 0 Å². The highest BCUT2D eigenvalue weighted by Gasteiger charge is 2.31. The zero-order chi connectivity index (χ0) is 17.1. The minimum Gasteiger partial charge on any atom is -0.486 e. The number of carbonyl (C=O) groups is 1. The van der Waals surface area contributed by atoms with E-state index < -0.39 is 0 Å². The quantitative estimate of drug-likeness (QED) is 0.912. The molecule has 25 heavy (non-hydrogen) atoms. The van der Waals surface area contributed by atoms with Crippen LogP contribution in [0.5, 0.6) is 11.5 Å². The number of carbonyl (C=O) groups excluding carboxylic acids is 1. The Morgan fingerprint density at radius 1 is 1.12 bits per heavy atom. The lowest BCUT2D eigenvalue weighted by Crippen LogP contribution is -2.32. The molecule has 136 valence electrons. The van der Waals surface area contributed by atoms with E-state index in [0.717, 1.165) is 50.4 Å². The second-order valence-electron chi connectivity index (χ2n) is 7.38. The van der Waals surface area contributed by atoms with Crippen LogP contribution in [0, 0.1) is 5.92 Å². The van der Waals surface area contributed by atoms with E-state index in [9.17, 15) is 4.79 Å². The molecule has 2 saturated heterocycles. The van der Waals surface area contributed by atoms with Gasteiger partial charge in [0.1, 0.15) is 13.2 Å². The van der Waals surface area contributed by atoms with Crippen LogP contribution in [0.4, 0.5) is 0 Å². The van der Waals surface area contributed by atoms with Crippen molar-refractivity contribution in [1.29, 1.82) is 0 Å². The zero-order valence-electron chi connectivity index (χ0n) is 14.8. The highest BCUT2D eigenvalue weighted by atomic mass is 16.6. The predicted molar refractivity (Wildman–Crippen MR) is 95.9 cm³/mol. The maximum absolute atomic E-state index is 12.8. The van der Waals surface area contributed by atoms with Gasteiger partial charge in [0.05, 0.1) is 6.04 Å². The Kier molecular flexibility index (Phi) is 5.11. The van der Waals surface area contributed by atoms with E-state index in [-0.39, 0.29) is 6.04 Å². The molecule has 3 aliphatic rings. The van der Waals surface area contributed by atoms with Crippen LogP contribution in [-0.2, 0) is 4.79 Å². The van der Waals surface area contributed by atoms with Crippen LogP contribution in [0.3, 0.4) is 0 Å². The third-order valence-electron chi connectivity index (χ3n) is 5.75. The Morgan fingerprint density at radius 3 is 2.76 bits per heavy atom. The fourth-order valence-corrected chi connectivity index (χ4v) is 4.32. The number of hydrogen-bond donors (Lipinski definition) is 1. The van der Waals surface area contributed by atoms with Crippen molar-refractivity contribution in [2.24, 2.45) is 5.92 Å². The number of nitrogens with zero attached hydrogens (tertiary/aromatic N) is 1. The molecule has 0 aromatic heterocycles. The van der Waals surface area contributed by atoms with E-state index in [0.29, 0.717) is 31.5 Å². The van der Waals surface area contributed by atoms with Crippen LogP contribution in [0.25, 0.3) is 0 Å². The van der Waals surface area contributed by atoms with E-state index in [1.807, 2.05) is 6.07 Å². The summed E-state index contributed by atoms with van der Waals surface area (Å²) in [6.07, 6.45) is 6.26. The monoisotopic (exact) mass is 344 g/mol. The molecule has 0 radical (unpaired) electrons. The van der Waals surface area contributed by atoms with Crippen molar-refractivity contribution in [3.63, 3.8) is 0 Å². The molecule has 3 heterocycles. The van der Waals surface area contributed by atoms with Crippen molar-refractivity contribution >= 4 is 5.91 Å². The van der Waals surface area contributed by atoms with Gasteiger partial charge in [0.2, 0.25) is 5.91 Å². The van der Waals surface area contributed by atoms with Crippen molar-refractivity contribution in [1.82, 2.24) is 10.2 Å². The maximum Gasteiger partial charge on any atom is 0.223 e. The highest BCUT2D eigenvalue weighted by Crippen LogP contribution is 2.38. The van der Waals surface area contributed by atoms with Gasteiger partial charge in [-0.3, -0.25) is 4.79 Å². The standard InChI is InChI=1S/C20H28N2O3/c23-20(6-3-15-7-9-21-10-8-15)22-11-1-2-17(22)16-4-5-18-19(14-16)25-13-12-24-18/h4-5,14-15,17,21H,1-3,6-13H2. The van der Waals surface area contributed by atoms with E-state index in [1.165, 1.54) is 18.4 Å². The molecule has 0 saturated carbocycles. The number of rotatable bonds is 4. The topological polar surface area (TPSA) is 50.8 Å². The average Bonchev–Trinajstić information content (AvgIpc) is 3.16. The number of ether oxygens (including phenoxy) is 2. The maximum atomic E-state index is 12.8. The molecule has 1 unspecified atom stereocenters. The Hall–Kier alpha value is -1.75. The normalized spacial score (nSPS) is 23.7. The number of piperidine rings is 1. The summed E-state index contributed by atoms with van der Waals surface area (Å²) in [5.74, 6) is 2.66. The second kappa shape index (κ2) is 7.65. The third-order valence-corrected chi connectivity index (χ3v) is 5.75. The van der Waals surface area contributed by atoms with Crippen LogP contribution in [0.15, 0.2) is 18.2 Å². The summed E-state index contributed by atoms with van der Waals surface area (Å²) in [7, 11) is 0. The van der Waals surface area contributed by atoms with Gasteiger partial charge >= 0.3 is 0 Å². The first-order valence-corrected chi connectivity index (χ1v) is 9.71. The molecular weight excluding hydrogens is 316 g/mol. The molecule has 0 aliphatic carbocycles. The Balaban J connectivity index is 1.40. The minimum atomic E-state index is 0.191. The van der Waals surface area contributed by atoms with Gasteiger partial charge in [0, 0.05) is 13.0 Å². The van der Waals surface area contributed by atoms with E-state index in [2.05, 4.69) is 22.3 Å². The van der Waals surface area contributed by atoms with Gasteiger partial charge in [0.25, 0.3) is 0 Å². The Bertz CT molecular complexity index is 613. The molecule has 2 fully saturated rings. The molecule has 3 aliphatic heterocycles. The highest BCUT2D eigenvalue weighted by molar-refractivity contribution is 5.77. The minimum absolute atomic E-state index is 0.191. The van der Waals surface area contributed by atoms with Crippen molar-refractivity contribution in [2.45, 2.75) is 44.6 Å². The van der Waals surface area contributed by atoms with E-state index >= 15 is 0 Å². The predicted octanol–water partition coefficient (Wildman–Crippen LogP) is 2.90. The molecular formula is C20H28N2O3. The molecule has 1 aromatic rings. The van der Waals surface area contributed by atoms with Gasteiger partial charge in [-0.1, -0.05) is 6.07 Å². The third kappa shape index (κ3) is 3.76. The van der Waals surface area contributed by atoms with E-state index in [1.54, 1.807) is 0 Å². The number of hydrogen-bond acceptors (Lipinski definition) is 4. The van der Waals surface area contributed by atoms with Gasteiger partial charge in [-0.25, -0.2) is 0 Å². The second-order valence-corrected chi connectivity index (χ2v) is 7.38. The van der Waals surface area contributed by atoms with Crippen LogP contribution in [-0.4, -0.2) is 43.7 Å². The van der Waals surface area contributed by atoms with Crippen molar-refractivity contribution in [3.8, 4) is 11.5 Å². The first kappa shape index (κ1) is 16.7. The van der Waals surface area contributed by atoms with Gasteiger partial charge in [0.15, 0.2) is 11.5 Å². The molecule has 1 atom stereocenters. The molecule has 5 heteroatoms. The van der Waals surface area contributed by atoms with Crippen LogP contribution >= 0.6 is 0 Å². The fraction of sp³-hybridized carbons (Fsp3) is 0.650. The SMILES string of the molecule is O=C(CCC1CCNCC1)N1CCCC1c1ccc2c(c1)OCCO2. The summed E-state index contributed by atoms with van der Waals surface area (Å²) in [6.45, 7) is 4.28. The molecule has 1 N–H and O–H groups in total.